The molecule has 102 valence electrons. The summed E-state index contributed by atoms with van der Waals surface area (Å²) in [6.07, 6.45) is 2.94. The van der Waals surface area contributed by atoms with Crippen molar-refractivity contribution in [3.63, 3.8) is 0 Å². The molecule has 2 rings (SSSR count). The van der Waals surface area contributed by atoms with Crippen LogP contribution in [0.25, 0.3) is 11.0 Å². The van der Waals surface area contributed by atoms with E-state index < -0.39 is 0 Å². The topological polar surface area (TPSA) is 64.2 Å². The molecule has 1 aromatic carbocycles. The standard InChI is InChI=1S/C14H20N4O/c1-10(15)4-7-14(19)18(3)11-5-6-13-12(8-11)16-9-17(13)2/h5-6,8-10H,4,7,15H2,1-3H3. The zero-order valence-corrected chi connectivity index (χ0v) is 11.6. The first-order valence-electron chi connectivity index (χ1n) is 6.42. The molecule has 2 aromatic rings. The molecule has 1 unspecified atom stereocenters. The molecule has 5 heteroatoms. The molecular weight excluding hydrogens is 240 g/mol. The average Bonchev–Trinajstić information content (AvgIpc) is 2.76. The molecule has 0 saturated heterocycles. The number of amides is 1. The molecule has 0 aliphatic heterocycles. The highest BCUT2D eigenvalue weighted by Crippen LogP contribution is 2.20. The fourth-order valence-corrected chi connectivity index (χ4v) is 2.00. The number of rotatable bonds is 4. The summed E-state index contributed by atoms with van der Waals surface area (Å²) in [4.78, 5) is 18.0. The largest absolute Gasteiger partial charge is 0.334 e. The van der Waals surface area contributed by atoms with Crippen molar-refractivity contribution in [3.8, 4) is 0 Å². The lowest BCUT2D eigenvalue weighted by atomic mass is 10.1. The highest BCUT2D eigenvalue weighted by Gasteiger charge is 2.12. The summed E-state index contributed by atoms with van der Waals surface area (Å²) in [6, 6.07) is 5.90. The molecular formula is C14H20N4O. The third kappa shape index (κ3) is 2.93. The van der Waals surface area contributed by atoms with Crippen LogP contribution in [-0.4, -0.2) is 28.5 Å². The summed E-state index contributed by atoms with van der Waals surface area (Å²) in [5.74, 6) is 0.0765. The number of aromatic nitrogens is 2. The van der Waals surface area contributed by atoms with Crippen molar-refractivity contribution >= 4 is 22.6 Å². The Hall–Kier alpha value is -1.88. The maximum Gasteiger partial charge on any atom is 0.226 e. The second-order valence-electron chi connectivity index (χ2n) is 5.00. The van der Waals surface area contributed by atoms with Crippen molar-refractivity contribution in [2.24, 2.45) is 12.8 Å². The number of anilines is 1. The van der Waals surface area contributed by atoms with E-state index in [1.807, 2.05) is 36.7 Å². The number of fused-ring (bicyclic) bond motifs is 1. The summed E-state index contributed by atoms with van der Waals surface area (Å²) in [7, 11) is 3.74. The van der Waals surface area contributed by atoms with E-state index in [4.69, 9.17) is 5.73 Å². The van der Waals surface area contributed by atoms with Gasteiger partial charge in [0, 0.05) is 32.2 Å². The van der Waals surface area contributed by atoms with Gasteiger partial charge in [0.1, 0.15) is 0 Å². The zero-order valence-electron chi connectivity index (χ0n) is 11.6. The Bertz CT molecular complexity index is 588. The van der Waals surface area contributed by atoms with Crippen LogP contribution in [0.3, 0.4) is 0 Å². The molecule has 0 fully saturated rings. The Morgan fingerprint density at radius 2 is 2.26 bits per heavy atom. The number of aryl methyl sites for hydroxylation is 1. The summed E-state index contributed by atoms with van der Waals surface area (Å²) >= 11 is 0. The lowest BCUT2D eigenvalue weighted by molar-refractivity contribution is -0.118. The molecule has 1 aromatic heterocycles. The maximum absolute atomic E-state index is 12.0. The molecule has 0 aliphatic carbocycles. The van der Waals surface area contributed by atoms with E-state index >= 15 is 0 Å². The van der Waals surface area contributed by atoms with Crippen molar-refractivity contribution in [1.82, 2.24) is 9.55 Å². The molecule has 0 aliphatic rings. The lowest BCUT2D eigenvalue weighted by Crippen LogP contribution is -2.28. The molecule has 2 N–H and O–H groups in total. The van der Waals surface area contributed by atoms with E-state index in [0.717, 1.165) is 16.7 Å². The van der Waals surface area contributed by atoms with Gasteiger partial charge < -0.3 is 15.2 Å². The van der Waals surface area contributed by atoms with Gasteiger partial charge in [-0.3, -0.25) is 4.79 Å². The summed E-state index contributed by atoms with van der Waals surface area (Å²) in [5.41, 5.74) is 8.49. The second-order valence-corrected chi connectivity index (χ2v) is 5.00. The Balaban J connectivity index is 2.16. The van der Waals surface area contributed by atoms with Crippen LogP contribution in [0.15, 0.2) is 24.5 Å². The normalized spacial score (nSPS) is 12.6. The Morgan fingerprint density at radius 3 is 2.95 bits per heavy atom. The van der Waals surface area contributed by atoms with E-state index in [0.29, 0.717) is 12.8 Å². The van der Waals surface area contributed by atoms with Crippen LogP contribution >= 0.6 is 0 Å². The Morgan fingerprint density at radius 1 is 1.53 bits per heavy atom. The maximum atomic E-state index is 12.0. The number of carbonyl (C=O) groups excluding carboxylic acids is 1. The fraction of sp³-hybridized carbons (Fsp3) is 0.429. The third-order valence-electron chi connectivity index (χ3n) is 3.28. The number of imidazole rings is 1. The molecule has 5 nitrogen and oxygen atoms in total. The van der Waals surface area contributed by atoms with E-state index in [1.165, 1.54) is 0 Å². The Kier molecular flexibility index (Phi) is 3.85. The molecule has 19 heavy (non-hydrogen) atoms. The van der Waals surface area contributed by atoms with E-state index in [9.17, 15) is 4.79 Å². The molecule has 0 spiro atoms. The first-order valence-corrected chi connectivity index (χ1v) is 6.42. The minimum Gasteiger partial charge on any atom is -0.334 e. The lowest BCUT2D eigenvalue weighted by Gasteiger charge is -2.18. The SMILES string of the molecule is CC(N)CCC(=O)N(C)c1ccc2c(c1)ncn2C. The molecule has 1 atom stereocenters. The van der Waals surface area contributed by atoms with Crippen LogP contribution in [0.2, 0.25) is 0 Å². The number of nitrogens with zero attached hydrogens (tertiary/aromatic N) is 3. The van der Waals surface area contributed by atoms with Gasteiger partial charge in [-0.05, 0) is 31.5 Å². The first-order chi connectivity index (χ1) is 8.99. The van der Waals surface area contributed by atoms with Gasteiger partial charge in [0.25, 0.3) is 0 Å². The van der Waals surface area contributed by atoms with E-state index in [1.54, 1.807) is 18.3 Å². The number of carbonyl (C=O) groups is 1. The zero-order chi connectivity index (χ0) is 14.0. The summed E-state index contributed by atoms with van der Waals surface area (Å²) < 4.78 is 1.96. The quantitative estimate of drug-likeness (QED) is 0.909. The van der Waals surface area contributed by atoms with Gasteiger partial charge in [0.05, 0.1) is 17.4 Å². The predicted molar refractivity (Wildman–Crippen MR) is 77.0 cm³/mol. The van der Waals surface area contributed by atoms with Gasteiger partial charge in [0.2, 0.25) is 5.91 Å². The number of nitrogens with two attached hydrogens (primary N) is 1. The predicted octanol–water partition coefficient (Wildman–Crippen LogP) is 1.66. The van der Waals surface area contributed by atoms with Crippen molar-refractivity contribution in [2.75, 3.05) is 11.9 Å². The van der Waals surface area contributed by atoms with Crippen LogP contribution in [0.1, 0.15) is 19.8 Å². The van der Waals surface area contributed by atoms with Gasteiger partial charge in [-0.15, -0.1) is 0 Å². The van der Waals surface area contributed by atoms with Gasteiger partial charge >= 0.3 is 0 Å². The van der Waals surface area contributed by atoms with Crippen LogP contribution in [-0.2, 0) is 11.8 Å². The highest BCUT2D eigenvalue weighted by molar-refractivity contribution is 5.94. The molecule has 0 saturated carbocycles. The minimum absolute atomic E-state index is 0.0515. The molecule has 0 bridgehead atoms. The average molecular weight is 260 g/mol. The van der Waals surface area contributed by atoms with Gasteiger partial charge in [-0.25, -0.2) is 4.98 Å². The summed E-state index contributed by atoms with van der Waals surface area (Å²) in [6.45, 7) is 1.91. The molecule has 1 amide bonds. The van der Waals surface area contributed by atoms with Crippen LogP contribution in [0.4, 0.5) is 5.69 Å². The molecule has 1 heterocycles. The van der Waals surface area contributed by atoms with Gasteiger partial charge in [-0.2, -0.15) is 0 Å². The first kappa shape index (κ1) is 13.5. The highest BCUT2D eigenvalue weighted by atomic mass is 16.2. The van der Waals surface area contributed by atoms with Gasteiger partial charge in [0.15, 0.2) is 0 Å². The second kappa shape index (κ2) is 5.40. The Labute approximate surface area is 113 Å². The van der Waals surface area contributed by atoms with E-state index in [2.05, 4.69) is 4.98 Å². The van der Waals surface area contributed by atoms with Crippen LogP contribution in [0.5, 0.6) is 0 Å². The fourth-order valence-electron chi connectivity index (χ4n) is 2.00. The van der Waals surface area contributed by atoms with Crippen molar-refractivity contribution in [2.45, 2.75) is 25.8 Å². The smallest absolute Gasteiger partial charge is 0.226 e. The summed E-state index contributed by atoms with van der Waals surface area (Å²) in [5, 5.41) is 0. The minimum atomic E-state index is 0.0515. The number of benzene rings is 1. The third-order valence-corrected chi connectivity index (χ3v) is 3.28. The monoisotopic (exact) mass is 260 g/mol. The van der Waals surface area contributed by atoms with Crippen molar-refractivity contribution < 1.29 is 4.79 Å². The van der Waals surface area contributed by atoms with Gasteiger partial charge in [-0.1, -0.05) is 0 Å². The molecule has 0 radical (unpaired) electrons. The number of hydrogen-bond acceptors (Lipinski definition) is 3. The number of hydrogen-bond donors (Lipinski definition) is 1. The van der Waals surface area contributed by atoms with Crippen LogP contribution in [0, 0.1) is 0 Å². The van der Waals surface area contributed by atoms with Crippen molar-refractivity contribution in [1.29, 1.82) is 0 Å². The van der Waals surface area contributed by atoms with E-state index in [-0.39, 0.29) is 11.9 Å². The van der Waals surface area contributed by atoms with Crippen LogP contribution < -0.4 is 10.6 Å². The van der Waals surface area contributed by atoms with Crippen molar-refractivity contribution in [3.05, 3.63) is 24.5 Å².